The van der Waals surface area contributed by atoms with Gasteiger partial charge in [0.15, 0.2) is 0 Å². The van der Waals surface area contributed by atoms with Crippen molar-refractivity contribution in [2.24, 2.45) is 5.73 Å². The van der Waals surface area contributed by atoms with E-state index in [9.17, 15) is 8.78 Å². The van der Waals surface area contributed by atoms with Crippen LogP contribution in [0.4, 0.5) is 14.6 Å². The van der Waals surface area contributed by atoms with Crippen LogP contribution in [0.3, 0.4) is 0 Å². The first-order valence-corrected chi connectivity index (χ1v) is 5.18. The van der Waals surface area contributed by atoms with Crippen LogP contribution in [0.2, 0.25) is 0 Å². The Hall–Kier alpha value is -0.750. The summed E-state index contributed by atoms with van der Waals surface area (Å²) in [4.78, 5) is 3.94. The highest BCUT2D eigenvalue weighted by atomic mass is 79.9. The zero-order chi connectivity index (χ0) is 11.5. The maximum atomic E-state index is 12.8. The average Bonchev–Trinajstić information content (AvgIpc) is 2.20. The predicted molar refractivity (Wildman–Crippen MR) is 59.2 cm³/mol. The summed E-state index contributed by atoms with van der Waals surface area (Å²) >= 11 is 3.28. The lowest BCUT2D eigenvalue weighted by Crippen LogP contribution is -2.35. The number of aryl methyl sites for hydroxylation is 1. The van der Waals surface area contributed by atoms with Gasteiger partial charge in [0.25, 0.3) is 5.92 Å². The molecule has 0 saturated carbocycles. The molecule has 0 bridgehead atoms. The standard InChI is InChI=1S/C9H12BrF2N3/c1-6-2-8(14-3-7(6)10)15-5-9(11,12)4-13/h2-3H,4-5,13H2,1H3,(H,14,15). The van der Waals surface area contributed by atoms with E-state index >= 15 is 0 Å². The molecule has 0 radical (unpaired) electrons. The minimum absolute atomic E-state index is 0.420. The Kier molecular flexibility index (Phi) is 3.98. The van der Waals surface area contributed by atoms with Gasteiger partial charge in [-0.25, -0.2) is 13.8 Å². The van der Waals surface area contributed by atoms with E-state index < -0.39 is 19.0 Å². The molecule has 0 saturated heterocycles. The average molecular weight is 280 g/mol. The number of nitrogens with zero attached hydrogens (tertiary/aromatic N) is 1. The van der Waals surface area contributed by atoms with Gasteiger partial charge in [0, 0.05) is 10.7 Å². The largest absolute Gasteiger partial charge is 0.364 e. The number of hydrogen-bond donors (Lipinski definition) is 2. The van der Waals surface area contributed by atoms with Crippen LogP contribution < -0.4 is 11.1 Å². The summed E-state index contributed by atoms with van der Waals surface area (Å²) in [5.41, 5.74) is 5.84. The molecule has 1 rings (SSSR count). The molecule has 1 aromatic rings. The highest BCUT2D eigenvalue weighted by Gasteiger charge is 2.26. The summed E-state index contributed by atoms with van der Waals surface area (Å²) in [7, 11) is 0. The van der Waals surface area contributed by atoms with E-state index in [1.807, 2.05) is 6.92 Å². The normalized spacial score (nSPS) is 11.5. The molecule has 0 aliphatic heterocycles. The summed E-state index contributed by atoms with van der Waals surface area (Å²) in [5, 5.41) is 2.54. The summed E-state index contributed by atoms with van der Waals surface area (Å²) in [5.74, 6) is -2.48. The van der Waals surface area contributed by atoms with E-state index in [-0.39, 0.29) is 0 Å². The first-order chi connectivity index (χ1) is 6.94. The van der Waals surface area contributed by atoms with Crippen molar-refractivity contribution in [1.29, 1.82) is 0 Å². The van der Waals surface area contributed by atoms with Crippen LogP contribution in [0.15, 0.2) is 16.7 Å². The number of rotatable bonds is 4. The molecule has 0 atom stereocenters. The first kappa shape index (κ1) is 12.3. The van der Waals surface area contributed by atoms with Gasteiger partial charge in [-0.05, 0) is 34.5 Å². The van der Waals surface area contributed by atoms with Crippen molar-refractivity contribution in [2.45, 2.75) is 12.8 Å². The number of pyridine rings is 1. The number of hydrogen-bond acceptors (Lipinski definition) is 3. The Morgan fingerprint density at radius 2 is 2.27 bits per heavy atom. The second-order valence-electron chi connectivity index (χ2n) is 3.23. The summed E-state index contributed by atoms with van der Waals surface area (Å²) < 4.78 is 26.4. The molecule has 1 heterocycles. The Bertz CT molecular complexity index is 344. The van der Waals surface area contributed by atoms with Crippen LogP contribution in [-0.2, 0) is 0 Å². The maximum absolute atomic E-state index is 12.8. The lowest BCUT2D eigenvalue weighted by molar-refractivity contribution is 0.0253. The van der Waals surface area contributed by atoms with E-state index in [0.717, 1.165) is 10.0 Å². The van der Waals surface area contributed by atoms with E-state index in [2.05, 4.69) is 26.2 Å². The zero-order valence-corrected chi connectivity index (χ0v) is 9.81. The molecule has 1 aromatic heterocycles. The van der Waals surface area contributed by atoms with Gasteiger partial charge in [0.2, 0.25) is 0 Å². The number of alkyl halides is 2. The summed E-state index contributed by atoms with van der Waals surface area (Å²) in [6, 6.07) is 1.69. The third kappa shape index (κ3) is 3.71. The van der Waals surface area contributed by atoms with Gasteiger partial charge >= 0.3 is 0 Å². The Morgan fingerprint density at radius 1 is 1.60 bits per heavy atom. The third-order valence-electron chi connectivity index (χ3n) is 1.87. The Balaban J connectivity index is 2.62. The smallest absolute Gasteiger partial charge is 0.276 e. The number of aromatic nitrogens is 1. The van der Waals surface area contributed by atoms with Gasteiger partial charge in [0.1, 0.15) is 5.82 Å². The van der Waals surface area contributed by atoms with Crippen molar-refractivity contribution in [1.82, 2.24) is 4.98 Å². The molecule has 84 valence electrons. The van der Waals surface area contributed by atoms with Crippen molar-refractivity contribution in [3.8, 4) is 0 Å². The molecule has 0 spiro atoms. The van der Waals surface area contributed by atoms with E-state index in [4.69, 9.17) is 5.73 Å². The molecule has 0 aromatic carbocycles. The predicted octanol–water partition coefficient (Wildman–Crippen LogP) is 2.16. The molecular weight excluding hydrogens is 268 g/mol. The highest BCUT2D eigenvalue weighted by molar-refractivity contribution is 9.10. The summed E-state index contributed by atoms with van der Waals surface area (Å²) in [6.45, 7) is 0.686. The Morgan fingerprint density at radius 3 is 2.80 bits per heavy atom. The van der Waals surface area contributed by atoms with Crippen LogP contribution in [0.25, 0.3) is 0 Å². The van der Waals surface area contributed by atoms with E-state index in [1.165, 1.54) is 0 Å². The van der Waals surface area contributed by atoms with Gasteiger partial charge in [-0.15, -0.1) is 0 Å². The van der Waals surface area contributed by atoms with Gasteiger partial charge in [-0.2, -0.15) is 0 Å². The van der Waals surface area contributed by atoms with Crippen molar-refractivity contribution in [3.63, 3.8) is 0 Å². The number of anilines is 1. The van der Waals surface area contributed by atoms with E-state index in [1.54, 1.807) is 12.3 Å². The number of nitrogens with two attached hydrogens (primary N) is 1. The SMILES string of the molecule is Cc1cc(NCC(F)(F)CN)ncc1Br. The van der Waals surface area contributed by atoms with Crippen LogP contribution in [0.5, 0.6) is 0 Å². The fourth-order valence-electron chi connectivity index (χ4n) is 0.928. The highest BCUT2D eigenvalue weighted by Crippen LogP contribution is 2.18. The van der Waals surface area contributed by atoms with Crippen LogP contribution in [0.1, 0.15) is 5.56 Å². The van der Waals surface area contributed by atoms with Crippen LogP contribution >= 0.6 is 15.9 Å². The second kappa shape index (κ2) is 4.85. The summed E-state index contributed by atoms with van der Waals surface area (Å²) in [6.07, 6.45) is 1.57. The first-order valence-electron chi connectivity index (χ1n) is 4.38. The van der Waals surface area contributed by atoms with Gasteiger partial charge in [-0.1, -0.05) is 0 Å². The monoisotopic (exact) mass is 279 g/mol. The fourth-order valence-corrected chi connectivity index (χ4v) is 1.14. The molecule has 6 heteroatoms. The van der Waals surface area contributed by atoms with Crippen LogP contribution in [0, 0.1) is 6.92 Å². The molecule has 0 aliphatic carbocycles. The minimum Gasteiger partial charge on any atom is -0.364 e. The van der Waals surface area contributed by atoms with Crippen LogP contribution in [-0.4, -0.2) is 24.0 Å². The molecule has 15 heavy (non-hydrogen) atoms. The van der Waals surface area contributed by atoms with Crippen molar-refractivity contribution >= 4 is 21.7 Å². The molecule has 0 unspecified atom stereocenters. The molecule has 0 amide bonds. The number of halogens is 3. The number of nitrogens with one attached hydrogen (secondary N) is 1. The maximum Gasteiger partial charge on any atom is 0.276 e. The van der Waals surface area contributed by atoms with Gasteiger partial charge < -0.3 is 11.1 Å². The zero-order valence-electron chi connectivity index (χ0n) is 8.23. The molecule has 0 fully saturated rings. The lowest BCUT2D eigenvalue weighted by Gasteiger charge is -2.15. The minimum atomic E-state index is -2.90. The van der Waals surface area contributed by atoms with E-state index in [0.29, 0.717) is 5.82 Å². The molecule has 3 N–H and O–H groups in total. The molecule has 3 nitrogen and oxygen atoms in total. The fraction of sp³-hybridized carbons (Fsp3) is 0.444. The van der Waals surface area contributed by atoms with Crippen molar-refractivity contribution in [2.75, 3.05) is 18.4 Å². The van der Waals surface area contributed by atoms with Gasteiger partial charge in [-0.3, -0.25) is 0 Å². The molecule has 0 aliphatic rings. The quantitative estimate of drug-likeness (QED) is 0.888. The second-order valence-corrected chi connectivity index (χ2v) is 4.09. The van der Waals surface area contributed by atoms with Gasteiger partial charge in [0.05, 0.1) is 13.1 Å². The van der Waals surface area contributed by atoms with Crippen molar-refractivity contribution in [3.05, 3.63) is 22.3 Å². The lowest BCUT2D eigenvalue weighted by atomic mass is 10.3. The Labute approximate surface area is 95.2 Å². The van der Waals surface area contributed by atoms with Crippen molar-refractivity contribution < 1.29 is 8.78 Å². The molecular formula is C9H12BrF2N3. The third-order valence-corrected chi connectivity index (χ3v) is 2.70. The topological polar surface area (TPSA) is 50.9 Å².